The van der Waals surface area contributed by atoms with Gasteiger partial charge in [-0.1, -0.05) is 79.1 Å². The van der Waals surface area contributed by atoms with Crippen molar-refractivity contribution in [2.45, 2.75) is 33.6 Å². The molecule has 0 aliphatic carbocycles. The molecule has 0 aliphatic rings. The van der Waals surface area contributed by atoms with Crippen LogP contribution in [0.1, 0.15) is 39.2 Å². The molecule has 0 heterocycles. The molecule has 2 unspecified atom stereocenters. The van der Waals surface area contributed by atoms with Crippen molar-refractivity contribution in [1.82, 2.24) is 0 Å². The van der Waals surface area contributed by atoms with Gasteiger partial charge in [0, 0.05) is 0 Å². The lowest BCUT2D eigenvalue weighted by Crippen LogP contribution is -2.15. The molecular formula is C20H29NO7P3S+. The fourth-order valence-electron chi connectivity index (χ4n) is 1.69. The van der Waals surface area contributed by atoms with Crippen LogP contribution in [0.25, 0.3) is 0 Å². The van der Waals surface area contributed by atoms with Gasteiger partial charge in [-0.15, -0.1) is 0 Å². The molecule has 2 atom stereocenters. The van der Waals surface area contributed by atoms with E-state index in [0.717, 1.165) is 0 Å². The third kappa shape index (κ3) is 14.5. The summed E-state index contributed by atoms with van der Waals surface area (Å²) in [4.78, 5) is 0. The molecule has 8 nitrogen and oxygen atoms in total. The zero-order valence-corrected chi connectivity index (χ0v) is 21.9. The van der Waals surface area contributed by atoms with Gasteiger partial charge < -0.3 is 4.52 Å². The molecule has 0 fully saturated rings. The molecule has 2 rings (SSSR count). The highest BCUT2D eigenvalue weighted by Crippen LogP contribution is 2.68. The Morgan fingerprint density at radius 3 is 1.91 bits per heavy atom. The van der Waals surface area contributed by atoms with Crippen molar-refractivity contribution in [1.29, 1.82) is 0 Å². The maximum Gasteiger partial charge on any atom is 0.531 e. The van der Waals surface area contributed by atoms with E-state index >= 15 is 0 Å². The molecule has 12 heteroatoms. The van der Waals surface area contributed by atoms with Crippen molar-refractivity contribution in [3.05, 3.63) is 78.4 Å². The lowest BCUT2D eigenvalue weighted by molar-refractivity contribution is 0.297. The van der Waals surface area contributed by atoms with Crippen LogP contribution in [0.15, 0.2) is 72.8 Å². The van der Waals surface area contributed by atoms with Gasteiger partial charge in [-0.25, -0.2) is 4.57 Å². The first-order valence-corrected chi connectivity index (χ1v) is 15.6. The molecule has 0 bridgehead atoms. The topological polar surface area (TPSA) is 122 Å². The molecule has 2 N–H and O–H groups in total. The Morgan fingerprint density at radius 2 is 1.53 bits per heavy atom. The van der Waals surface area contributed by atoms with Crippen molar-refractivity contribution >= 4 is 33.5 Å². The number of rotatable bonds is 9. The molecule has 2 aromatic carbocycles. The predicted octanol–water partition coefficient (Wildman–Crippen LogP) is 6.91. The lowest BCUT2D eigenvalue weighted by Gasteiger charge is -2.06. The summed E-state index contributed by atoms with van der Waals surface area (Å²) in [6.07, 6.45) is 4.00. The van der Waals surface area contributed by atoms with Gasteiger partial charge in [0.2, 0.25) is 0 Å². The van der Waals surface area contributed by atoms with Crippen LogP contribution in [-0.2, 0) is 28.1 Å². The number of allylic oxidation sites excluding steroid dienone is 2. The molecule has 0 saturated carbocycles. The molecular weight excluding hydrogens is 491 g/mol. The minimum absolute atomic E-state index is 0.312. The monoisotopic (exact) mass is 520 g/mol. The molecule has 176 valence electrons. The Kier molecular flexibility index (Phi) is 17.1. The van der Waals surface area contributed by atoms with Gasteiger partial charge in [0.25, 0.3) is 0 Å². The molecule has 2 aromatic rings. The van der Waals surface area contributed by atoms with E-state index in [9.17, 15) is 17.5 Å². The van der Waals surface area contributed by atoms with Crippen LogP contribution < -0.4 is 10.4 Å². The predicted molar refractivity (Wildman–Crippen MR) is 130 cm³/mol. The van der Waals surface area contributed by atoms with E-state index in [1.165, 1.54) is 5.56 Å². The third-order valence-electron chi connectivity index (χ3n) is 3.39. The molecule has 0 radical (unpaired) electrons. The highest BCUT2D eigenvalue weighted by Gasteiger charge is 2.41. The van der Waals surface area contributed by atoms with Gasteiger partial charge in [-0.05, 0) is 37.5 Å². The summed E-state index contributed by atoms with van der Waals surface area (Å²) >= 11 is 0. The van der Waals surface area contributed by atoms with Crippen LogP contribution in [0.3, 0.4) is 0 Å². The molecule has 0 saturated heterocycles. The number of benzene rings is 2. The molecule has 0 spiro atoms. The van der Waals surface area contributed by atoms with E-state index in [1.807, 2.05) is 32.1 Å². The lowest BCUT2D eigenvalue weighted by atomic mass is 10.0. The van der Waals surface area contributed by atoms with Crippen LogP contribution in [-0.4, -0.2) is 14.4 Å². The fraction of sp³-hybridized carbons (Fsp3) is 0.300. The summed E-state index contributed by atoms with van der Waals surface area (Å²) in [7, 11) is -9.38. The summed E-state index contributed by atoms with van der Waals surface area (Å²) in [6.45, 7) is 8.41. The summed E-state index contributed by atoms with van der Waals surface area (Å²) < 4.78 is 57.7. The van der Waals surface area contributed by atoms with Gasteiger partial charge in [-0.3, -0.25) is 4.52 Å². The largest absolute Gasteiger partial charge is 0.531 e. The van der Waals surface area contributed by atoms with Gasteiger partial charge >= 0.3 is 33.5 Å². The number of hydrogen-bond acceptors (Lipinski definition) is 8. The van der Waals surface area contributed by atoms with Gasteiger partial charge in [0.1, 0.15) is 5.75 Å². The fourth-order valence-corrected chi connectivity index (χ4v) is 5.92. The van der Waals surface area contributed by atoms with Crippen molar-refractivity contribution in [3.63, 3.8) is 0 Å². The zero-order valence-electron chi connectivity index (χ0n) is 18.4. The van der Waals surface area contributed by atoms with Crippen molar-refractivity contribution in [2.24, 2.45) is 5.90 Å². The van der Waals surface area contributed by atoms with E-state index in [0.29, 0.717) is 11.7 Å². The van der Waals surface area contributed by atoms with Crippen LogP contribution in [0.5, 0.6) is 5.75 Å². The number of para-hydroxylation sites is 1. The first-order chi connectivity index (χ1) is 15.2. The summed E-state index contributed by atoms with van der Waals surface area (Å²) in [6, 6.07) is 18.7. The maximum atomic E-state index is 11.5. The highest BCUT2D eigenvalue weighted by atomic mass is 32.4. The van der Waals surface area contributed by atoms with Crippen molar-refractivity contribution < 1.29 is 30.9 Å². The normalized spacial score (nSPS) is 12.4. The first-order valence-electron chi connectivity index (χ1n) is 9.40. The SMILES string of the molecule is CC(C)c1ccccc1.CC=CC.NOS(=O)(=O)COP(Oc1ccccc1)[P+](=O)P=O. The zero-order chi connectivity index (χ0) is 24.4. The Morgan fingerprint density at radius 1 is 1.03 bits per heavy atom. The smallest absolute Gasteiger partial charge is 0.411 e. The highest BCUT2D eigenvalue weighted by molar-refractivity contribution is 8.46. The minimum atomic E-state index is -4.09. The van der Waals surface area contributed by atoms with Crippen LogP contribution in [0, 0.1) is 0 Å². The van der Waals surface area contributed by atoms with Gasteiger partial charge in [0.05, 0.1) is 0 Å². The van der Waals surface area contributed by atoms with Crippen molar-refractivity contribution in [2.75, 3.05) is 5.94 Å². The van der Waals surface area contributed by atoms with Gasteiger partial charge in [0.15, 0.2) is 5.94 Å². The first kappa shape index (κ1) is 30.4. The summed E-state index contributed by atoms with van der Waals surface area (Å²) in [5.41, 5.74) is 1.41. The van der Waals surface area contributed by atoms with E-state index in [-0.39, 0.29) is 0 Å². The average Bonchev–Trinajstić information content (AvgIpc) is 2.83. The third-order valence-corrected chi connectivity index (χ3v) is 9.22. The Balaban J connectivity index is 0.000000608. The van der Waals surface area contributed by atoms with E-state index in [4.69, 9.17) is 9.05 Å². The minimum Gasteiger partial charge on any atom is -0.411 e. The molecule has 0 aliphatic heterocycles. The Labute approximate surface area is 193 Å². The van der Waals surface area contributed by atoms with Crippen LogP contribution >= 0.6 is 23.4 Å². The molecule has 0 aromatic heterocycles. The second-order valence-electron chi connectivity index (χ2n) is 6.11. The Bertz CT molecular complexity index is 907. The molecule has 0 amide bonds. The number of hydrogen-bond donors (Lipinski definition) is 1. The molecule has 32 heavy (non-hydrogen) atoms. The van der Waals surface area contributed by atoms with Crippen LogP contribution in [0.2, 0.25) is 0 Å². The second kappa shape index (κ2) is 17.9. The van der Waals surface area contributed by atoms with Crippen molar-refractivity contribution in [3.8, 4) is 5.75 Å². The van der Waals surface area contributed by atoms with Crippen LogP contribution in [0.4, 0.5) is 0 Å². The maximum absolute atomic E-state index is 11.5. The summed E-state index contributed by atoms with van der Waals surface area (Å²) in [5, 5.41) is 0. The standard InChI is InChI=1S/C9H12.C7H9NO7P3S.C4H8/c1-8(2)9-6-4-3-5-7-9;8-15-19(11,12)6-13-18(17(10)16-9)14-7-4-2-1-3-5-7;1-3-4-2/h3-8H,1-2H3;1-5H,6,8H2;3-4H,1-2H3/q;+1;. The Hall–Kier alpha value is -1.56. The quantitative estimate of drug-likeness (QED) is 0.215. The van der Waals surface area contributed by atoms with E-state index < -0.39 is 39.4 Å². The average molecular weight is 520 g/mol. The van der Waals surface area contributed by atoms with Gasteiger partial charge in [-0.2, -0.15) is 18.6 Å². The second-order valence-corrected chi connectivity index (χ2v) is 13.8. The van der Waals surface area contributed by atoms with E-state index in [2.05, 4.69) is 48.3 Å². The summed E-state index contributed by atoms with van der Waals surface area (Å²) in [5.74, 6) is 4.54. The number of nitrogens with two attached hydrogens (primary N) is 1. The van der Waals surface area contributed by atoms with E-state index in [1.54, 1.807) is 30.3 Å².